The molecule has 0 saturated carbocycles. The van der Waals surface area contributed by atoms with Crippen LogP contribution in [0.25, 0.3) is 0 Å². The summed E-state index contributed by atoms with van der Waals surface area (Å²) in [6.45, 7) is 0.519. The summed E-state index contributed by atoms with van der Waals surface area (Å²) in [4.78, 5) is 29.2. The van der Waals surface area contributed by atoms with Gasteiger partial charge in [-0.05, 0) is 5.56 Å². The highest BCUT2D eigenvalue weighted by Gasteiger charge is 2.28. The Kier molecular flexibility index (Phi) is 2.44. The van der Waals surface area contributed by atoms with Gasteiger partial charge in [-0.1, -0.05) is 30.3 Å². The van der Waals surface area contributed by atoms with E-state index in [0.717, 1.165) is 5.56 Å². The zero-order valence-corrected chi connectivity index (χ0v) is 9.61. The van der Waals surface area contributed by atoms with Crippen LogP contribution < -0.4 is 10.5 Å². The molecule has 2 aromatic rings. The SMILES string of the molecule is O=C1Cn2c(nccc2=O)N1Cc1ccccc1. The third-order valence-corrected chi connectivity index (χ3v) is 2.93. The highest BCUT2D eigenvalue weighted by Crippen LogP contribution is 2.19. The number of carbonyl (C=O) groups excluding carboxylic acids is 1. The molecule has 0 N–H and O–H groups in total. The van der Waals surface area contributed by atoms with E-state index in [1.54, 1.807) is 0 Å². The van der Waals surface area contributed by atoms with Gasteiger partial charge in [0.1, 0.15) is 6.54 Å². The van der Waals surface area contributed by atoms with E-state index in [-0.39, 0.29) is 18.0 Å². The van der Waals surface area contributed by atoms with E-state index in [1.165, 1.54) is 21.7 Å². The van der Waals surface area contributed by atoms with Crippen LogP contribution in [-0.2, 0) is 17.9 Å². The molecule has 0 saturated heterocycles. The van der Waals surface area contributed by atoms with Crippen molar-refractivity contribution in [3.8, 4) is 0 Å². The van der Waals surface area contributed by atoms with Crippen LogP contribution in [0.4, 0.5) is 5.95 Å². The lowest BCUT2D eigenvalue weighted by molar-refractivity contribution is -0.118. The van der Waals surface area contributed by atoms with Crippen LogP contribution in [0.15, 0.2) is 47.4 Å². The highest BCUT2D eigenvalue weighted by molar-refractivity contribution is 5.94. The van der Waals surface area contributed by atoms with Gasteiger partial charge >= 0.3 is 0 Å². The largest absolute Gasteiger partial charge is 0.276 e. The van der Waals surface area contributed by atoms with E-state index in [1.807, 2.05) is 30.3 Å². The van der Waals surface area contributed by atoms with Gasteiger partial charge < -0.3 is 0 Å². The highest BCUT2D eigenvalue weighted by atomic mass is 16.2. The molecule has 0 radical (unpaired) electrons. The molecule has 1 amide bonds. The molecule has 0 bridgehead atoms. The zero-order valence-electron chi connectivity index (χ0n) is 9.61. The van der Waals surface area contributed by atoms with Gasteiger partial charge in [0.15, 0.2) is 0 Å². The van der Waals surface area contributed by atoms with E-state index in [4.69, 9.17) is 0 Å². The second-order valence-electron chi connectivity index (χ2n) is 4.13. The third-order valence-electron chi connectivity index (χ3n) is 2.93. The first-order chi connectivity index (χ1) is 8.75. The molecule has 5 heteroatoms. The maximum absolute atomic E-state index is 11.9. The van der Waals surface area contributed by atoms with Crippen LogP contribution in [0.5, 0.6) is 0 Å². The Labute approximate surface area is 103 Å². The summed E-state index contributed by atoms with van der Waals surface area (Å²) < 4.78 is 1.39. The van der Waals surface area contributed by atoms with Gasteiger partial charge in [-0.3, -0.25) is 19.1 Å². The summed E-state index contributed by atoms with van der Waals surface area (Å²) in [6, 6.07) is 11.0. The summed E-state index contributed by atoms with van der Waals surface area (Å²) >= 11 is 0. The second kappa shape index (κ2) is 4.10. The average Bonchev–Trinajstić information content (AvgIpc) is 2.70. The molecule has 90 valence electrons. The standard InChI is InChI=1S/C13H11N3O2/c17-11-6-7-14-13-15(12(18)9-16(11)13)8-10-4-2-1-3-5-10/h1-7H,8-9H2. The molecule has 18 heavy (non-hydrogen) atoms. The maximum Gasteiger partial charge on any atom is 0.255 e. The number of hydrogen-bond donors (Lipinski definition) is 0. The number of fused-ring (bicyclic) bond motifs is 1. The average molecular weight is 241 g/mol. The Morgan fingerprint density at radius 2 is 1.89 bits per heavy atom. The predicted molar refractivity (Wildman–Crippen MR) is 66.1 cm³/mol. The molecule has 1 aliphatic heterocycles. The number of aromatic nitrogens is 2. The fraction of sp³-hybridized carbons (Fsp3) is 0.154. The summed E-state index contributed by atoms with van der Waals surface area (Å²) in [5.41, 5.74) is 0.821. The molecule has 3 rings (SSSR count). The molecule has 2 heterocycles. The number of hydrogen-bond acceptors (Lipinski definition) is 3. The molecule has 0 atom stereocenters. The van der Waals surface area contributed by atoms with Crippen molar-refractivity contribution in [2.24, 2.45) is 0 Å². The minimum Gasteiger partial charge on any atom is -0.276 e. The normalized spacial score (nSPS) is 13.8. The minimum absolute atomic E-state index is 0.0782. The number of benzene rings is 1. The lowest BCUT2D eigenvalue weighted by Crippen LogP contribution is -2.26. The van der Waals surface area contributed by atoms with E-state index in [2.05, 4.69) is 4.98 Å². The number of rotatable bonds is 2. The molecular formula is C13H11N3O2. The van der Waals surface area contributed by atoms with Gasteiger partial charge in [0.05, 0.1) is 6.54 Å². The van der Waals surface area contributed by atoms with Crippen molar-refractivity contribution < 1.29 is 4.79 Å². The Bertz CT molecular complexity index is 649. The number of carbonyl (C=O) groups is 1. The van der Waals surface area contributed by atoms with Crippen molar-refractivity contribution in [2.45, 2.75) is 13.1 Å². The first kappa shape index (κ1) is 10.7. The smallest absolute Gasteiger partial charge is 0.255 e. The van der Waals surface area contributed by atoms with E-state index in [9.17, 15) is 9.59 Å². The summed E-state index contributed by atoms with van der Waals surface area (Å²) in [6.07, 6.45) is 1.44. The Hall–Kier alpha value is -2.43. The number of amides is 1. The zero-order chi connectivity index (χ0) is 12.5. The van der Waals surface area contributed by atoms with Crippen LogP contribution in [0.2, 0.25) is 0 Å². The lowest BCUT2D eigenvalue weighted by Gasteiger charge is -2.14. The van der Waals surface area contributed by atoms with Crippen LogP contribution in [0, 0.1) is 0 Å². The van der Waals surface area contributed by atoms with Gasteiger partial charge in [0, 0.05) is 12.3 Å². The molecule has 0 unspecified atom stereocenters. The maximum atomic E-state index is 11.9. The summed E-state index contributed by atoms with van der Waals surface area (Å²) in [5, 5.41) is 0. The first-order valence-corrected chi connectivity index (χ1v) is 5.66. The van der Waals surface area contributed by atoms with Crippen molar-refractivity contribution >= 4 is 11.9 Å². The van der Waals surface area contributed by atoms with Crippen LogP contribution in [0.3, 0.4) is 0 Å². The van der Waals surface area contributed by atoms with Crippen molar-refractivity contribution in [2.75, 3.05) is 4.90 Å². The molecule has 1 aromatic heterocycles. The number of nitrogens with zero attached hydrogens (tertiary/aromatic N) is 3. The van der Waals surface area contributed by atoms with Gasteiger partial charge in [-0.2, -0.15) is 0 Å². The van der Waals surface area contributed by atoms with Crippen molar-refractivity contribution in [1.82, 2.24) is 9.55 Å². The van der Waals surface area contributed by atoms with Crippen LogP contribution >= 0.6 is 0 Å². The van der Waals surface area contributed by atoms with Crippen molar-refractivity contribution in [3.63, 3.8) is 0 Å². The van der Waals surface area contributed by atoms with E-state index >= 15 is 0 Å². The summed E-state index contributed by atoms with van der Waals surface area (Å²) in [7, 11) is 0. The van der Waals surface area contributed by atoms with Crippen LogP contribution in [0.1, 0.15) is 5.56 Å². The third kappa shape index (κ3) is 1.69. The molecular weight excluding hydrogens is 230 g/mol. The molecule has 0 fully saturated rings. The van der Waals surface area contributed by atoms with Gasteiger partial charge in [0.2, 0.25) is 11.9 Å². The van der Waals surface area contributed by atoms with E-state index in [0.29, 0.717) is 12.5 Å². The fourth-order valence-corrected chi connectivity index (χ4v) is 2.05. The topological polar surface area (TPSA) is 55.2 Å². The van der Waals surface area contributed by atoms with Crippen molar-refractivity contribution in [1.29, 1.82) is 0 Å². The monoisotopic (exact) mass is 241 g/mol. The van der Waals surface area contributed by atoms with Crippen LogP contribution in [-0.4, -0.2) is 15.5 Å². The van der Waals surface area contributed by atoms with Crippen molar-refractivity contribution in [3.05, 3.63) is 58.5 Å². The second-order valence-corrected chi connectivity index (χ2v) is 4.13. The molecule has 1 aromatic carbocycles. The fourth-order valence-electron chi connectivity index (χ4n) is 2.05. The Balaban J connectivity index is 1.98. The Morgan fingerprint density at radius 1 is 1.11 bits per heavy atom. The molecule has 5 nitrogen and oxygen atoms in total. The molecule has 1 aliphatic rings. The van der Waals surface area contributed by atoms with Gasteiger partial charge in [-0.25, -0.2) is 4.98 Å². The minimum atomic E-state index is -0.191. The first-order valence-electron chi connectivity index (χ1n) is 5.66. The Morgan fingerprint density at radius 3 is 2.67 bits per heavy atom. The quantitative estimate of drug-likeness (QED) is 0.781. The lowest BCUT2D eigenvalue weighted by atomic mass is 10.2. The van der Waals surface area contributed by atoms with Gasteiger partial charge in [0.25, 0.3) is 5.56 Å². The number of anilines is 1. The van der Waals surface area contributed by atoms with E-state index < -0.39 is 0 Å². The molecule has 0 spiro atoms. The summed E-state index contributed by atoms with van der Waals surface area (Å²) in [5.74, 6) is 0.325. The molecule has 0 aliphatic carbocycles. The predicted octanol–water partition coefficient (Wildman–Crippen LogP) is 0.790. The van der Waals surface area contributed by atoms with Gasteiger partial charge in [-0.15, -0.1) is 0 Å².